The Balaban J connectivity index is 1.55. The second kappa shape index (κ2) is 8.37. The number of para-hydroxylation sites is 1. The molecule has 1 N–H and O–H groups in total. The molecule has 8 heteroatoms. The molecule has 0 unspecified atom stereocenters. The molecule has 1 aromatic heterocycles. The fraction of sp³-hybridized carbons (Fsp3) is 0.0476. The summed E-state index contributed by atoms with van der Waals surface area (Å²) in [5, 5.41) is 4.20. The van der Waals surface area contributed by atoms with Crippen molar-refractivity contribution in [2.45, 2.75) is 0 Å². The van der Waals surface area contributed by atoms with E-state index in [1.54, 1.807) is 43.5 Å². The van der Waals surface area contributed by atoms with Crippen LogP contribution in [-0.2, 0) is 4.79 Å². The molecule has 0 aliphatic carbocycles. The number of amidine groups is 1. The van der Waals surface area contributed by atoms with Crippen molar-refractivity contribution >= 4 is 57.8 Å². The number of ether oxygens (including phenoxy) is 1. The molecule has 1 saturated heterocycles. The number of thioether (sulfide) groups is 1. The lowest BCUT2D eigenvalue weighted by Crippen LogP contribution is -2.19. The Morgan fingerprint density at radius 3 is 2.69 bits per heavy atom. The molecule has 0 atom stereocenters. The molecule has 4 rings (SSSR count). The molecule has 146 valence electrons. The molecule has 1 aliphatic heterocycles. The van der Waals surface area contributed by atoms with Gasteiger partial charge in [0.1, 0.15) is 17.3 Å². The molecule has 3 aromatic rings. The number of furan rings is 1. The van der Waals surface area contributed by atoms with E-state index in [1.165, 1.54) is 11.8 Å². The van der Waals surface area contributed by atoms with Crippen molar-refractivity contribution in [3.05, 3.63) is 75.3 Å². The van der Waals surface area contributed by atoms with Gasteiger partial charge >= 0.3 is 0 Å². The zero-order chi connectivity index (χ0) is 20.4. The van der Waals surface area contributed by atoms with Crippen molar-refractivity contribution in [3.63, 3.8) is 0 Å². The Bertz CT molecular complexity index is 1150. The maximum absolute atomic E-state index is 12.3. The molecule has 0 radical (unpaired) electrons. The van der Waals surface area contributed by atoms with Gasteiger partial charge in [0.2, 0.25) is 0 Å². The number of nitrogens with zero attached hydrogens (tertiary/aromatic N) is 1. The van der Waals surface area contributed by atoms with Gasteiger partial charge in [0.05, 0.1) is 27.7 Å². The second-order valence-electron chi connectivity index (χ2n) is 5.98. The summed E-state index contributed by atoms with van der Waals surface area (Å²) in [7, 11) is 1.56. The number of rotatable bonds is 4. The van der Waals surface area contributed by atoms with Gasteiger partial charge in [-0.25, -0.2) is 4.99 Å². The van der Waals surface area contributed by atoms with Crippen LogP contribution in [0.1, 0.15) is 5.76 Å². The first kappa shape index (κ1) is 19.6. The normalized spacial score (nSPS) is 16.4. The molecular formula is C21H14Cl2N2O3S. The van der Waals surface area contributed by atoms with Crippen LogP contribution in [0.15, 0.2) is 68.9 Å². The lowest BCUT2D eigenvalue weighted by molar-refractivity contribution is -0.115. The minimum Gasteiger partial charge on any atom is -0.495 e. The second-order valence-corrected chi connectivity index (χ2v) is 7.83. The van der Waals surface area contributed by atoms with Crippen LogP contribution in [-0.4, -0.2) is 18.2 Å². The maximum atomic E-state index is 12.3. The molecule has 1 aliphatic rings. The van der Waals surface area contributed by atoms with Crippen molar-refractivity contribution in [1.82, 2.24) is 5.32 Å². The summed E-state index contributed by atoms with van der Waals surface area (Å²) in [5.41, 5.74) is 1.40. The van der Waals surface area contributed by atoms with Crippen molar-refractivity contribution in [2.24, 2.45) is 4.99 Å². The number of nitrogens with one attached hydrogen (secondary N) is 1. The predicted octanol–water partition coefficient (Wildman–Crippen LogP) is 6.15. The first-order chi connectivity index (χ1) is 14.0. The van der Waals surface area contributed by atoms with Gasteiger partial charge in [0.15, 0.2) is 5.17 Å². The van der Waals surface area contributed by atoms with Gasteiger partial charge in [-0.2, -0.15) is 0 Å². The van der Waals surface area contributed by atoms with Gasteiger partial charge in [0.25, 0.3) is 5.91 Å². The van der Waals surface area contributed by atoms with Gasteiger partial charge in [-0.05, 0) is 54.2 Å². The first-order valence-corrected chi connectivity index (χ1v) is 10.1. The first-order valence-electron chi connectivity index (χ1n) is 8.51. The Morgan fingerprint density at radius 2 is 1.93 bits per heavy atom. The van der Waals surface area contributed by atoms with Crippen LogP contribution in [0.3, 0.4) is 0 Å². The van der Waals surface area contributed by atoms with Crippen LogP contribution >= 0.6 is 35.0 Å². The highest BCUT2D eigenvalue weighted by Crippen LogP contribution is 2.33. The number of halogens is 2. The maximum Gasteiger partial charge on any atom is 0.264 e. The Morgan fingerprint density at radius 1 is 1.10 bits per heavy atom. The highest BCUT2D eigenvalue weighted by Gasteiger charge is 2.24. The van der Waals surface area contributed by atoms with Gasteiger partial charge in [-0.1, -0.05) is 35.3 Å². The van der Waals surface area contributed by atoms with E-state index in [-0.39, 0.29) is 5.91 Å². The van der Waals surface area contributed by atoms with E-state index in [0.717, 1.165) is 5.56 Å². The molecule has 0 bridgehead atoms. The van der Waals surface area contributed by atoms with E-state index in [4.69, 9.17) is 32.4 Å². The monoisotopic (exact) mass is 444 g/mol. The molecule has 29 heavy (non-hydrogen) atoms. The lowest BCUT2D eigenvalue weighted by atomic mass is 10.2. The molecule has 5 nitrogen and oxygen atoms in total. The predicted molar refractivity (Wildman–Crippen MR) is 118 cm³/mol. The lowest BCUT2D eigenvalue weighted by Gasteiger charge is -2.04. The van der Waals surface area contributed by atoms with Gasteiger partial charge in [-0.3, -0.25) is 4.79 Å². The van der Waals surface area contributed by atoms with Crippen LogP contribution in [0.5, 0.6) is 5.75 Å². The van der Waals surface area contributed by atoms with Crippen molar-refractivity contribution in [1.29, 1.82) is 0 Å². The number of benzene rings is 2. The minimum absolute atomic E-state index is 0.244. The molecule has 2 aromatic carbocycles. The summed E-state index contributed by atoms with van der Waals surface area (Å²) in [4.78, 5) is 17.1. The number of aliphatic imine (C=N–C) groups is 1. The van der Waals surface area contributed by atoms with Gasteiger partial charge in [0, 0.05) is 11.6 Å². The number of hydrogen-bond acceptors (Lipinski definition) is 5. The topological polar surface area (TPSA) is 63.8 Å². The van der Waals surface area contributed by atoms with E-state index < -0.39 is 0 Å². The van der Waals surface area contributed by atoms with Crippen molar-refractivity contribution in [3.8, 4) is 17.1 Å². The smallest absolute Gasteiger partial charge is 0.264 e. The van der Waals surface area contributed by atoms with Crippen LogP contribution in [0, 0.1) is 0 Å². The van der Waals surface area contributed by atoms with Crippen LogP contribution < -0.4 is 10.1 Å². The van der Waals surface area contributed by atoms with Crippen LogP contribution in [0.2, 0.25) is 10.0 Å². The fourth-order valence-electron chi connectivity index (χ4n) is 2.67. The van der Waals surface area contributed by atoms with E-state index in [2.05, 4.69) is 10.3 Å². The summed E-state index contributed by atoms with van der Waals surface area (Å²) in [5.74, 6) is 1.53. The standard InChI is InChI=1S/C21H14Cl2N2O3S/c1-27-18-8-6-12(10-15(18)23)17-9-7-13(28-17)11-19-20(26)25-21(29-19)24-16-5-3-2-4-14(16)22/h2-11H,1H3,(H,24,25,26)/b19-11-. The van der Waals surface area contributed by atoms with Crippen molar-refractivity contribution < 1.29 is 13.9 Å². The van der Waals surface area contributed by atoms with E-state index >= 15 is 0 Å². The number of carbonyl (C=O) groups is 1. The summed E-state index contributed by atoms with van der Waals surface area (Å²) >= 11 is 13.5. The Kier molecular flexibility index (Phi) is 5.67. The van der Waals surface area contributed by atoms with Gasteiger partial charge < -0.3 is 14.5 Å². The molecule has 0 saturated carbocycles. The van der Waals surface area contributed by atoms with E-state index in [9.17, 15) is 4.79 Å². The Hall–Kier alpha value is -2.67. The molecule has 2 heterocycles. The number of amides is 1. The quantitative estimate of drug-likeness (QED) is 0.489. The third-order valence-electron chi connectivity index (χ3n) is 4.06. The number of methoxy groups -OCH3 is 1. The third kappa shape index (κ3) is 4.34. The summed E-state index contributed by atoms with van der Waals surface area (Å²) < 4.78 is 11.0. The van der Waals surface area contributed by atoms with Crippen LogP contribution in [0.4, 0.5) is 5.69 Å². The SMILES string of the molecule is COc1ccc(-c2ccc(/C=C3\SC(=Nc4ccccc4Cl)NC3=O)o2)cc1Cl. The molecule has 1 amide bonds. The number of hydrogen-bond donors (Lipinski definition) is 1. The summed E-state index contributed by atoms with van der Waals surface area (Å²) in [6.07, 6.45) is 1.67. The minimum atomic E-state index is -0.244. The molecule has 0 spiro atoms. The summed E-state index contributed by atoms with van der Waals surface area (Å²) in [6, 6.07) is 16.2. The molecular weight excluding hydrogens is 431 g/mol. The average Bonchev–Trinajstić information content (AvgIpc) is 3.31. The van der Waals surface area contributed by atoms with Crippen molar-refractivity contribution in [2.75, 3.05) is 7.11 Å². The van der Waals surface area contributed by atoms with Crippen LogP contribution in [0.25, 0.3) is 17.4 Å². The Labute approximate surface area is 181 Å². The highest BCUT2D eigenvalue weighted by molar-refractivity contribution is 8.18. The third-order valence-corrected chi connectivity index (χ3v) is 5.59. The highest BCUT2D eigenvalue weighted by atomic mass is 35.5. The zero-order valence-electron chi connectivity index (χ0n) is 15.1. The van der Waals surface area contributed by atoms with E-state index in [0.29, 0.717) is 43.1 Å². The zero-order valence-corrected chi connectivity index (χ0v) is 17.4. The fourth-order valence-corrected chi connectivity index (χ4v) is 3.92. The molecule has 1 fully saturated rings. The summed E-state index contributed by atoms with van der Waals surface area (Å²) in [6.45, 7) is 0. The van der Waals surface area contributed by atoms with E-state index in [1.807, 2.05) is 24.3 Å². The average molecular weight is 445 g/mol. The van der Waals surface area contributed by atoms with Gasteiger partial charge in [-0.15, -0.1) is 0 Å². The largest absolute Gasteiger partial charge is 0.495 e. The number of carbonyl (C=O) groups excluding carboxylic acids is 1.